The Bertz CT molecular complexity index is 656. The summed E-state index contributed by atoms with van der Waals surface area (Å²) in [6.45, 7) is 8.87. The first kappa shape index (κ1) is 57.5. The number of hydrogen-bond acceptors (Lipinski definition) is 3. The molecule has 0 aromatic heterocycles. The van der Waals surface area contributed by atoms with Gasteiger partial charge in [-0.15, -0.1) is 0 Å². The van der Waals surface area contributed by atoms with E-state index in [-0.39, 0.29) is 42.0 Å². The van der Waals surface area contributed by atoms with Crippen LogP contribution in [-0.4, -0.2) is 30.0 Å². The molecule has 0 bridgehead atoms. The van der Waals surface area contributed by atoms with Crippen molar-refractivity contribution in [2.75, 3.05) is 13.1 Å². The fraction of sp³-hybridized carbons (Fsp3) is 0.980. The molecule has 0 rings (SSSR count). The fourth-order valence-electron chi connectivity index (χ4n) is 8.69. The number of unbranched alkanes of at least 4 members (excludes halogenated alkanes) is 40. The molecular weight excluding hydrogens is 682 g/mol. The molecule has 0 amide bonds. The zero-order valence-corrected chi connectivity index (χ0v) is 40.9. The minimum atomic E-state index is -0.885. The normalized spacial score (nSPS) is 12.1. The van der Waals surface area contributed by atoms with Gasteiger partial charge in [-0.05, 0) is 32.4 Å². The topological polar surface area (TPSA) is 43.4 Å². The van der Waals surface area contributed by atoms with Crippen molar-refractivity contribution >= 4 is 5.97 Å². The van der Waals surface area contributed by atoms with E-state index in [1.54, 1.807) is 0 Å². The average Bonchev–Trinajstić information content (AvgIpc) is 3.17. The van der Waals surface area contributed by atoms with Gasteiger partial charge in [0.2, 0.25) is 0 Å². The van der Waals surface area contributed by atoms with Gasteiger partial charge in [0, 0.05) is 18.4 Å². The van der Waals surface area contributed by atoms with Crippen LogP contribution in [0.3, 0.4) is 0 Å². The summed E-state index contributed by atoms with van der Waals surface area (Å²) < 4.78 is 0. The third-order valence-electron chi connectivity index (χ3n) is 12.5. The van der Waals surface area contributed by atoms with E-state index >= 15 is 0 Å². The van der Waals surface area contributed by atoms with E-state index in [2.05, 4.69) is 25.7 Å². The summed E-state index contributed by atoms with van der Waals surface area (Å²) in [6.07, 6.45) is 60.4. The zero-order valence-electron chi connectivity index (χ0n) is 38.9. The monoisotopic (exact) mass is 784 g/mol. The number of hydrogen-bond donors (Lipinski definition) is 0. The van der Waals surface area contributed by atoms with Gasteiger partial charge in [0.15, 0.2) is 0 Å². The van der Waals surface area contributed by atoms with Gasteiger partial charge in [-0.25, -0.2) is 0 Å². The molecule has 0 aromatic rings. The Balaban J connectivity index is 0. The van der Waals surface area contributed by atoms with Gasteiger partial charge in [-0.1, -0.05) is 278 Å². The molecule has 0 aliphatic heterocycles. The summed E-state index contributed by atoms with van der Waals surface area (Å²) in [6, 6.07) is 0.144. The molecule has 0 heterocycles. The summed E-state index contributed by atoms with van der Waals surface area (Å²) in [7, 11) is 0. The Morgan fingerprint density at radius 1 is 0.345 bits per heavy atom. The molecule has 3 nitrogen and oxygen atoms in total. The second-order valence-electron chi connectivity index (χ2n) is 17.8. The third kappa shape index (κ3) is 47.0. The Hall–Kier alpha value is 0.430. The molecule has 324 valence electrons. The largest absolute Gasteiger partial charge is 1.00 e. The molecule has 0 aliphatic carbocycles. The Morgan fingerprint density at radius 3 is 0.691 bits per heavy atom. The number of carboxylic acids is 1. The molecule has 0 fully saturated rings. The van der Waals surface area contributed by atoms with Crippen LogP contribution < -0.4 is 34.7 Å². The van der Waals surface area contributed by atoms with E-state index in [0.29, 0.717) is 0 Å². The Labute approximate surface area is 370 Å². The number of aliphatic carboxylic acids is 1. The van der Waals surface area contributed by atoms with E-state index in [1.165, 1.54) is 270 Å². The predicted molar refractivity (Wildman–Crippen MR) is 241 cm³/mol. The summed E-state index contributed by atoms with van der Waals surface area (Å²) >= 11 is 0. The van der Waals surface area contributed by atoms with Crippen molar-refractivity contribution in [3.63, 3.8) is 0 Å². The third-order valence-corrected chi connectivity index (χ3v) is 12.5. The zero-order chi connectivity index (χ0) is 39.3. The van der Waals surface area contributed by atoms with E-state index in [0.717, 1.165) is 19.5 Å². The number of carbonyl (C=O) groups excluding carboxylic acids is 1. The van der Waals surface area contributed by atoms with Crippen molar-refractivity contribution in [2.45, 2.75) is 309 Å². The van der Waals surface area contributed by atoms with E-state index < -0.39 is 5.97 Å². The average molecular weight is 784 g/mol. The SMILES string of the molecule is CCCCCCCCCCCCCCCCCCCCCCCN(CCCCCCCCCCCCCCCCCCCCCCC)C(CC)CC(=O)[O-].[Na+]. The maximum atomic E-state index is 11.5. The van der Waals surface area contributed by atoms with Crippen molar-refractivity contribution < 1.29 is 39.5 Å². The van der Waals surface area contributed by atoms with E-state index in [1.807, 2.05) is 0 Å². The first-order chi connectivity index (χ1) is 26.7. The smallest absolute Gasteiger partial charge is 0.550 e. The molecule has 0 saturated heterocycles. The van der Waals surface area contributed by atoms with Gasteiger partial charge in [0.05, 0.1) is 0 Å². The molecule has 0 N–H and O–H groups in total. The van der Waals surface area contributed by atoms with Crippen LogP contribution in [0.1, 0.15) is 303 Å². The van der Waals surface area contributed by atoms with Crippen LogP contribution in [0.2, 0.25) is 0 Å². The van der Waals surface area contributed by atoms with Crippen LogP contribution in [0.4, 0.5) is 0 Å². The van der Waals surface area contributed by atoms with Crippen LogP contribution in [0.5, 0.6) is 0 Å². The second-order valence-corrected chi connectivity index (χ2v) is 17.8. The van der Waals surface area contributed by atoms with Crippen molar-refractivity contribution in [3.8, 4) is 0 Å². The molecule has 4 heteroatoms. The summed E-state index contributed by atoms with van der Waals surface area (Å²) in [5.74, 6) is -0.885. The van der Waals surface area contributed by atoms with Crippen LogP contribution in [0.25, 0.3) is 0 Å². The van der Waals surface area contributed by atoms with Crippen LogP contribution in [0, 0.1) is 0 Å². The fourth-order valence-corrected chi connectivity index (χ4v) is 8.69. The molecule has 1 unspecified atom stereocenters. The van der Waals surface area contributed by atoms with Crippen LogP contribution in [-0.2, 0) is 4.79 Å². The molecule has 1 atom stereocenters. The van der Waals surface area contributed by atoms with Crippen LogP contribution in [0.15, 0.2) is 0 Å². The first-order valence-corrected chi connectivity index (χ1v) is 25.6. The molecule has 0 aliphatic rings. The van der Waals surface area contributed by atoms with Gasteiger partial charge in [0.1, 0.15) is 0 Å². The van der Waals surface area contributed by atoms with Gasteiger partial charge in [-0.3, -0.25) is 0 Å². The van der Waals surface area contributed by atoms with Gasteiger partial charge < -0.3 is 14.8 Å². The molecule has 0 saturated carbocycles. The molecule has 55 heavy (non-hydrogen) atoms. The number of carboxylic acid groups (broad SMARTS) is 1. The van der Waals surface area contributed by atoms with E-state index in [9.17, 15) is 9.90 Å². The van der Waals surface area contributed by atoms with Crippen molar-refractivity contribution in [1.29, 1.82) is 0 Å². The maximum absolute atomic E-state index is 11.5. The summed E-state index contributed by atoms with van der Waals surface area (Å²) in [5, 5.41) is 11.5. The van der Waals surface area contributed by atoms with Gasteiger partial charge in [0.25, 0.3) is 0 Å². The summed E-state index contributed by atoms with van der Waals surface area (Å²) in [5.41, 5.74) is 0. The van der Waals surface area contributed by atoms with Crippen molar-refractivity contribution in [3.05, 3.63) is 0 Å². The standard InChI is InChI=1S/C51H103NO2.Na/c1-4-7-9-11-13-15-17-19-21-23-25-27-29-31-33-35-37-39-41-43-45-47-52(50(6-3)49-51(53)54)48-46-44-42-40-38-36-34-32-30-28-26-24-22-20-18-16-14-12-10-8-5-2;/h50H,4-49H2,1-3H3,(H,53,54);/q;+1/p-1. The molecule has 0 radical (unpaired) electrons. The van der Waals surface area contributed by atoms with E-state index in [4.69, 9.17) is 0 Å². The van der Waals surface area contributed by atoms with Gasteiger partial charge >= 0.3 is 29.6 Å². The minimum Gasteiger partial charge on any atom is -0.550 e. The number of nitrogens with zero attached hydrogens (tertiary/aromatic N) is 1. The Morgan fingerprint density at radius 2 is 0.527 bits per heavy atom. The molecular formula is C51H102NNaO2. The number of rotatable bonds is 48. The molecule has 0 aromatic carbocycles. The van der Waals surface area contributed by atoms with Gasteiger partial charge in [-0.2, -0.15) is 0 Å². The first-order valence-electron chi connectivity index (χ1n) is 25.6. The van der Waals surface area contributed by atoms with Crippen molar-refractivity contribution in [2.24, 2.45) is 0 Å². The Kier molecular flexibility index (Phi) is 52.9. The molecule has 0 spiro atoms. The number of carbonyl (C=O) groups is 1. The predicted octanol–water partition coefficient (Wildman–Crippen LogP) is 13.6. The quantitative estimate of drug-likeness (QED) is 0.0456. The maximum Gasteiger partial charge on any atom is 1.00 e. The minimum absolute atomic E-state index is 0. The van der Waals surface area contributed by atoms with Crippen LogP contribution >= 0.6 is 0 Å². The second kappa shape index (κ2) is 50.6. The van der Waals surface area contributed by atoms with Crippen molar-refractivity contribution in [1.82, 2.24) is 4.90 Å². The summed E-state index contributed by atoms with van der Waals surface area (Å²) in [4.78, 5) is 14.0.